The first-order valence-corrected chi connectivity index (χ1v) is 15.6. The Morgan fingerprint density at radius 2 is 1.68 bits per heavy atom. The molecule has 0 aliphatic carbocycles. The number of piperazine rings is 1. The number of rotatable bonds is 11. The van der Waals surface area contributed by atoms with Gasteiger partial charge in [-0.3, -0.25) is 24.5 Å². The van der Waals surface area contributed by atoms with Crippen LogP contribution in [-0.4, -0.2) is 90.6 Å². The van der Waals surface area contributed by atoms with E-state index in [-0.39, 0.29) is 49.1 Å². The number of carbonyl (C=O) groups excluding carboxylic acids is 3. The highest BCUT2D eigenvalue weighted by Gasteiger charge is 2.47. The molecule has 2 fully saturated rings. The molecule has 0 radical (unpaired) electrons. The largest absolute Gasteiger partial charge is 0.469 e. The van der Waals surface area contributed by atoms with Crippen molar-refractivity contribution in [1.29, 1.82) is 0 Å². The summed E-state index contributed by atoms with van der Waals surface area (Å²) in [4.78, 5) is 53.3. The number of para-hydroxylation sites is 1. The molecule has 2 aliphatic heterocycles. The Bertz CT molecular complexity index is 1230. The molecule has 3 rings (SSSR count). The molecule has 2 atom stereocenters. The topological polar surface area (TPSA) is 147 Å². The second-order valence-corrected chi connectivity index (χ2v) is 13.6. The molecule has 2 aliphatic rings. The molecule has 0 saturated carbocycles. The molecule has 13 heteroatoms. The van der Waals surface area contributed by atoms with E-state index in [1.807, 2.05) is 27.7 Å². The van der Waals surface area contributed by atoms with Gasteiger partial charge in [-0.15, -0.1) is 0 Å². The van der Waals surface area contributed by atoms with E-state index in [0.717, 1.165) is 10.4 Å². The van der Waals surface area contributed by atoms with Crippen molar-refractivity contribution in [1.82, 2.24) is 14.1 Å². The van der Waals surface area contributed by atoms with Crippen molar-refractivity contribution in [2.75, 3.05) is 33.3 Å². The minimum Gasteiger partial charge on any atom is -0.469 e. The second-order valence-electron chi connectivity index (χ2n) is 11.7. The Morgan fingerprint density at radius 1 is 1.05 bits per heavy atom. The Kier molecular flexibility index (Phi) is 10.9. The monoisotopic (exact) mass is 594 g/mol. The molecule has 1 aromatic carbocycles. The number of carbonyl (C=O) groups is 3. The van der Waals surface area contributed by atoms with Crippen LogP contribution in [0.1, 0.15) is 59.8 Å². The third kappa shape index (κ3) is 7.62. The van der Waals surface area contributed by atoms with Crippen LogP contribution in [0.2, 0.25) is 0 Å². The fraction of sp³-hybridized carbons (Fsp3) is 0.679. The zero-order chi connectivity index (χ0) is 30.5. The number of nitro benzene ring substituents is 1. The van der Waals surface area contributed by atoms with Crippen LogP contribution in [0, 0.1) is 27.9 Å². The van der Waals surface area contributed by atoms with Gasteiger partial charge in [-0.05, 0) is 49.5 Å². The Hall–Kier alpha value is -3.06. The summed E-state index contributed by atoms with van der Waals surface area (Å²) < 4.78 is 33.4. The van der Waals surface area contributed by atoms with Crippen LogP contribution in [0.3, 0.4) is 0 Å². The standard InChI is InChI=1S/C28H42N4O8S/c1-19(2)16-23(27(34)29-12-10-21(11-13-29)18-26(33)40-5)30-14-15-31(24(28(30)35)17-20(3)4)41(38,39)25-9-7-6-8-22(25)32(36)37/h6-9,19-21,23-24H,10-18H2,1-5H3. The first-order valence-electron chi connectivity index (χ1n) is 14.2. The quantitative estimate of drug-likeness (QED) is 0.216. The molecule has 0 N–H and O–H groups in total. The van der Waals surface area contributed by atoms with Crippen molar-refractivity contribution in [3.05, 3.63) is 34.4 Å². The maximum Gasteiger partial charge on any atom is 0.305 e. The van der Waals surface area contributed by atoms with Crippen molar-refractivity contribution in [2.24, 2.45) is 17.8 Å². The summed E-state index contributed by atoms with van der Waals surface area (Å²) in [6, 6.07) is 3.28. The lowest BCUT2D eigenvalue weighted by molar-refractivity contribution is -0.387. The first-order chi connectivity index (χ1) is 19.3. The number of hydrogen-bond acceptors (Lipinski definition) is 8. The van der Waals surface area contributed by atoms with Gasteiger partial charge >= 0.3 is 5.97 Å². The van der Waals surface area contributed by atoms with E-state index in [2.05, 4.69) is 0 Å². The average Bonchev–Trinajstić information content (AvgIpc) is 2.92. The third-order valence-electron chi connectivity index (χ3n) is 7.79. The molecule has 0 aromatic heterocycles. The lowest BCUT2D eigenvalue weighted by atomic mass is 9.92. The average molecular weight is 595 g/mol. The smallest absolute Gasteiger partial charge is 0.305 e. The highest BCUT2D eigenvalue weighted by molar-refractivity contribution is 7.89. The molecule has 1 aromatic rings. The Labute approximate surface area is 242 Å². The summed E-state index contributed by atoms with van der Waals surface area (Å²) in [6.07, 6.45) is 2.23. The van der Waals surface area contributed by atoms with Gasteiger partial charge in [0.05, 0.1) is 12.0 Å². The van der Waals surface area contributed by atoms with Crippen LogP contribution in [-0.2, 0) is 29.1 Å². The molecule has 2 unspecified atom stereocenters. The van der Waals surface area contributed by atoms with Gasteiger partial charge in [-0.25, -0.2) is 8.42 Å². The van der Waals surface area contributed by atoms with Gasteiger partial charge < -0.3 is 14.5 Å². The lowest BCUT2D eigenvalue weighted by Crippen LogP contribution is -2.64. The molecular formula is C28H42N4O8S. The van der Waals surface area contributed by atoms with E-state index in [0.29, 0.717) is 38.8 Å². The molecule has 12 nitrogen and oxygen atoms in total. The van der Waals surface area contributed by atoms with E-state index in [9.17, 15) is 32.9 Å². The van der Waals surface area contributed by atoms with Gasteiger partial charge in [0.2, 0.25) is 11.8 Å². The summed E-state index contributed by atoms with van der Waals surface area (Å²) in [5.74, 6) is -0.759. The van der Waals surface area contributed by atoms with Crippen LogP contribution >= 0.6 is 0 Å². The van der Waals surface area contributed by atoms with Crippen molar-refractivity contribution in [3.63, 3.8) is 0 Å². The zero-order valence-electron chi connectivity index (χ0n) is 24.5. The number of likely N-dealkylation sites (tertiary alicyclic amines) is 1. The number of sulfonamides is 1. The van der Waals surface area contributed by atoms with Crippen molar-refractivity contribution in [2.45, 2.75) is 76.8 Å². The van der Waals surface area contributed by atoms with Gasteiger partial charge in [-0.2, -0.15) is 4.31 Å². The lowest BCUT2D eigenvalue weighted by Gasteiger charge is -2.45. The van der Waals surface area contributed by atoms with Gasteiger partial charge in [0.25, 0.3) is 15.7 Å². The van der Waals surface area contributed by atoms with E-state index in [1.54, 1.807) is 4.90 Å². The van der Waals surface area contributed by atoms with Crippen LogP contribution in [0.4, 0.5) is 5.69 Å². The molecule has 0 bridgehead atoms. The van der Waals surface area contributed by atoms with Crippen molar-refractivity contribution >= 4 is 33.5 Å². The van der Waals surface area contributed by atoms with E-state index < -0.39 is 43.5 Å². The second kappa shape index (κ2) is 13.7. The molecule has 2 amide bonds. The highest BCUT2D eigenvalue weighted by Crippen LogP contribution is 2.33. The number of piperidine rings is 1. The van der Waals surface area contributed by atoms with Crippen LogP contribution in [0.5, 0.6) is 0 Å². The fourth-order valence-electron chi connectivity index (χ4n) is 5.70. The predicted molar refractivity (Wildman–Crippen MR) is 151 cm³/mol. The Balaban J connectivity index is 1.88. The van der Waals surface area contributed by atoms with Crippen LogP contribution < -0.4 is 0 Å². The number of nitro groups is 1. The van der Waals surface area contributed by atoms with Gasteiger partial charge in [0.15, 0.2) is 4.90 Å². The van der Waals surface area contributed by atoms with Crippen molar-refractivity contribution in [3.8, 4) is 0 Å². The third-order valence-corrected chi connectivity index (χ3v) is 9.74. The van der Waals surface area contributed by atoms with E-state index in [4.69, 9.17) is 4.74 Å². The van der Waals surface area contributed by atoms with Gasteiger partial charge in [0, 0.05) is 38.7 Å². The molecule has 2 saturated heterocycles. The molecule has 2 heterocycles. The summed E-state index contributed by atoms with van der Waals surface area (Å²) in [5, 5.41) is 11.6. The zero-order valence-corrected chi connectivity index (χ0v) is 25.3. The first kappa shape index (κ1) is 32.5. The van der Waals surface area contributed by atoms with Gasteiger partial charge in [-0.1, -0.05) is 39.8 Å². The summed E-state index contributed by atoms with van der Waals surface area (Å²) in [7, 11) is -3.03. The summed E-state index contributed by atoms with van der Waals surface area (Å²) in [6.45, 7) is 8.52. The summed E-state index contributed by atoms with van der Waals surface area (Å²) in [5.41, 5.74) is -0.547. The normalized spacial score (nSPS) is 20.0. The number of esters is 1. The minimum atomic E-state index is -4.39. The number of hydrogen-bond donors (Lipinski definition) is 0. The molecule has 228 valence electrons. The van der Waals surface area contributed by atoms with Crippen LogP contribution in [0.15, 0.2) is 29.2 Å². The number of amides is 2. The Morgan fingerprint density at radius 3 is 2.24 bits per heavy atom. The van der Waals surface area contributed by atoms with Crippen LogP contribution in [0.25, 0.3) is 0 Å². The number of nitrogens with zero attached hydrogens (tertiary/aromatic N) is 4. The SMILES string of the molecule is COC(=O)CC1CCN(C(=O)C(CC(C)C)N2CCN(S(=O)(=O)c3ccccc3[N+](=O)[O-])C(CC(C)C)C2=O)CC1. The molecule has 0 spiro atoms. The van der Waals surface area contributed by atoms with Crippen molar-refractivity contribution < 1.29 is 32.5 Å². The maximum atomic E-state index is 14.0. The van der Waals surface area contributed by atoms with E-state index >= 15 is 0 Å². The number of methoxy groups -OCH3 is 1. The summed E-state index contributed by atoms with van der Waals surface area (Å²) >= 11 is 0. The van der Waals surface area contributed by atoms with Gasteiger partial charge in [0.1, 0.15) is 12.1 Å². The highest BCUT2D eigenvalue weighted by atomic mass is 32.2. The van der Waals surface area contributed by atoms with E-state index in [1.165, 1.54) is 30.2 Å². The fourth-order valence-corrected chi connectivity index (χ4v) is 7.44. The molecule has 41 heavy (non-hydrogen) atoms. The number of benzene rings is 1. The molecular weight excluding hydrogens is 552 g/mol. The number of ether oxygens (including phenoxy) is 1. The predicted octanol–water partition coefficient (Wildman–Crippen LogP) is 3.06. The maximum absolute atomic E-state index is 14.0. The minimum absolute atomic E-state index is 0.00474.